The summed E-state index contributed by atoms with van der Waals surface area (Å²) in [6.45, 7) is 3.88. The third-order valence-corrected chi connectivity index (χ3v) is 5.14. The van der Waals surface area contributed by atoms with Crippen LogP contribution in [0.1, 0.15) is 22.8 Å². The Morgan fingerprint density at radius 1 is 1.03 bits per heavy atom. The predicted octanol–water partition coefficient (Wildman–Crippen LogP) is 3.02. The minimum atomic E-state index is -0.325. The number of nitrogens with zero attached hydrogens (tertiary/aromatic N) is 1. The molecule has 1 N–H and O–H groups in total. The van der Waals surface area contributed by atoms with Gasteiger partial charge in [0.1, 0.15) is 17.6 Å². The van der Waals surface area contributed by atoms with Gasteiger partial charge in [-0.05, 0) is 42.8 Å². The predicted molar refractivity (Wildman–Crippen MR) is 114 cm³/mol. The van der Waals surface area contributed by atoms with Gasteiger partial charge in [-0.25, -0.2) is 0 Å². The number of carbonyl (C=O) groups excluding carboxylic acids is 2. The number of hydrogen-bond acceptors (Lipinski definition) is 4. The number of carbonyl (C=O) groups is 2. The van der Waals surface area contributed by atoms with Gasteiger partial charge in [-0.2, -0.15) is 0 Å². The van der Waals surface area contributed by atoms with Gasteiger partial charge in [0.2, 0.25) is 0 Å². The highest BCUT2D eigenvalue weighted by atomic mass is 16.5. The zero-order chi connectivity index (χ0) is 20.9. The first-order valence-corrected chi connectivity index (χ1v) is 10.0. The molecule has 0 aliphatic carbocycles. The molecule has 0 spiro atoms. The quantitative estimate of drug-likeness (QED) is 0.796. The second-order valence-corrected chi connectivity index (χ2v) is 7.22. The Morgan fingerprint density at radius 2 is 1.73 bits per heavy atom. The third-order valence-electron chi connectivity index (χ3n) is 5.14. The van der Waals surface area contributed by atoms with Crippen LogP contribution in [0.25, 0.3) is 6.08 Å². The maximum absolute atomic E-state index is 13.2. The summed E-state index contributed by atoms with van der Waals surface area (Å²) in [7, 11) is 0. The van der Waals surface area contributed by atoms with Crippen LogP contribution in [0.15, 0.2) is 71.9 Å². The number of nitrogens with one attached hydrogen (secondary N) is 1. The lowest BCUT2D eigenvalue weighted by Crippen LogP contribution is -2.44. The van der Waals surface area contributed by atoms with E-state index < -0.39 is 0 Å². The molecule has 0 bridgehead atoms. The zero-order valence-corrected chi connectivity index (χ0v) is 16.8. The smallest absolute Gasteiger partial charge is 0.270 e. The third kappa shape index (κ3) is 4.44. The molecule has 4 rings (SSSR count). The number of para-hydroxylation sites is 1. The van der Waals surface area contributed by atoms with Gasteiger partial charge in [0.15, 0.2) is 0 Å². The van der Waals surface area contributed by atoms with Crippen LogP contribution in [-0.4, -0.2) is 49.1 Å². The molecule has 1 fully saturated rings. The van der Waals surface area contributed by atoms with Crippen molar-refractivity contribution in [2.45, 2.75) is 13.0 Å². The molecule has 6 nitrogen and oxygen atoms in total. The summed E-state index contributed by atoms with van der Waals surface area (Å²) in [6.07, 6.45) is 3.46. The van der Waals surface area contributed by atoms with E-state index in [2.05, 4.69) is 5.32 Å². The van der Waals surface area contributed by atoms with Gasteiger partial charge in [0.25, 0.3) is 11.8 Å². The van der Waals surface area contributed by atoms with Crippen molar-refractivity contribution in [2.24, 2.45) is 0 Å². The van der Waals surface area contributed by atoms with Crippen molar-refractivity contribution in [3.63, 3.8) is 0 Å². The highest BCUT2D eigenvalue weighted by Crippen LogP contribution is 2.30. The Balaban J connectivity index is 1.66. The summed E-state index contributed by atoms with van der Waals surface area (Å²) in [5, 5.41) is 2.82. The number of morpholine rings is 1. The van der Waals surface area contributed by atoms with Crippen molar-refractivity contribution < 1.29 is 19.1 Å². The van der Waals surface area contributed by atoms with E-state index in [1.807, 2.05) is 43.3 Å². The van der Waals surface area contributed by atoms with E-state index in [0.717, 1.165) is 16.9 Å². The van der Waals surface area contributed by atoms with Crippen LogP contribution in [0, 0.1) is 0 Å². The van der Waals surface area contributed by atoms with Crippen LogP contribution in [-0.2, 0) is 9.53 Å². The lowest BCUT2D eigenvalue weighted by molar-refractivity contribution is -0.131. The number of rotatable bonds is 4. The number of fused-ring (bicyclic) bond motifs is 1. The van der Waals surface area contributed by atoms with E-state index in [4.69, 9.17) is 9.47 Å². The molecule has 2 aromatic rings. The van der Waals surface area contributed by atoms with Gasteiger partial charge in [-0.15, -0.1) is 0 Å². The lowest BCUT2D eigenvalue weighted by atomic mass is 10.0. The second-order valence-electron chi connectivity index (χ2n) is 7.22. The number of hydrogen-bond donors (Lipinski definition) is 1. The molecule has 6 heteroatoms. The Bertz CT molecular complexity index is 991. The van der Waals surface area contributed by atoms with Crippen LogP contribution >= 0.6 is 0 Å². The fourth-order valence-electron chi connectivity index (χ4n) is 3.46. The molecule has 1 saturated heterocycles. The Hall–Kier alpha value is -3.38. The van der Waals surface area contributed by atoms with E-state index >= 15 is 0 Å². The van der Waals surface area contributed by atoms with Crippen molar-refractivity contribution >= 4 is 17.9 Å². The van der Waals surface area contributed by atoms with Gasteiger partial charge in [0.05, 0.1) is 13.2 Å². The molecule has 0 radical (unpaired) electrons. The maximum Gasteiger partial charge on any atom is 0.270 e. The maximum atomic E-state index is 13.2. The standard InChI is InChI=1S/C24H24N2O4/c1-17-20(15-19-9-5-6-10-22(19)30-17)16-21(24(28)26-11-13-29-14-12-26)25-23(27)18-7-3-2-4-8-18/h2-10,15-17H,11-14H2,1H3,(H,25,27)/b21-16-/t17-/m1/s1. The van der Waals surface area contributed by atoms with Gasteiger partial charge < -0.3 is 19.7 Å². The average Bonchev–Trinajstić information content (AvgIpc) is 2.79. The SMILES string of the molecule is C[C@H]1Oc2ccccc2C=C1/C=C(\NC(=O)c1ccccc1)C(=O)N1CCOCC1. The Morgan fingerprint density at radius 3 is 2.50 bits per heavy atom. The molecule has 1 atom stereocenters. The zero-order valence-electron chi connectivity index (χ0n) is 16.8. The molecule has 2 heterocycles. The second kappa shape index (κ2) is 8.97. The summed E-state index contributed by atoms with van der Waals surface area (Å²) in [6, 6.07) is 16.6. The highest BCUT2D eigenvalue weighted by Gasteiger charge is 2.25. The first-order chi connectivity index (χ1) is 14.6. The topological polar surface area (TPSA) is 67.9 Å². The van der Waals surface area contributed by atoms with Crippen LogP contribution in [0.3, 0.4) is 0 Å². The first kappa shape index (κ1) is 19.9. The molecule has 2 aliphatic heterocycles. The van der Waals surface area contributed by atoms with Crippen molar-refractivity contribution in [3.05, 3.63) is 83.1 Å². The molecule has 2 amide bonds. The monoisotopic (exact) mass is 404 g/mol. The summed E-state index contributed by atoms with van der Waals surface area (Å²) >= 11 is 0. The van der Waals surface area contributed by atoms with Crippen molar-refractivity contribution in [2.75, 3.05) is 26.3 Å². The fourth-order valence-corrected chi connectivity index (χ4v) is 3.46. The minimum absolute atomic E-state index is 0.227. The Kier molecular flexibility index (Phi) is 5.95. The largest absolute Gasteiger partial charge is 0.485 e. The van der Waals surface area contributed by atoms with Gasteiger partial charge >= 0.3 is 0 Å². The lowest BCUT2D eigenvalue weighted by Gasteiger charge is -2.28. The molecule has 0 unspecified atom stereocenters. The van der Waals surface area contributed by atoms with E-state index in [0.29, 0.717) is 31.9 Å². The summed E-state index contributed by atoms with van der Waals surface area (Å²) in [4.78, 5) is 27.7. The molecule has 30 heavy (non-hydrogen) atoms. The first-order valence-electron chi connectivity index (χ1n) is 10.0. The van der Waals surface area contributed by atoms with Crippen molar-refractivity contribution in [3.8, 4) is 5.75 Å². The van der Waals surface area contributed by atoms with Gasteiger partial charge in [-0.3, -0.25) is 9.59 Å². The number of amides is 2. The van der Waals surface area contributed by atoms with E-state index in [1.165, 1.54) is 0 Å². The molecular weight excluding hydrogens is 380 g/mol. The normalized spacial score (nSPS) is 18.7. The van der Waals surface area contributed by atoms with E-state index in [1.54, 1.807) is 35.2 Å². The molecule has 0 saturated carbocycles. The summed E-state index contributed by atoms with van der Waals surface area (Å²) in [5.74, 6) is 0.250. The van der Waals surface area contributed by atoms with Crippen molar-refractivity contribution in [1.29, 1.82) is 0 Å². The summed E-state index contributed by atoms with van der Waals surface area (Å²) < 4.78 is 11.3. The van der Waals surface area contributed by atoms with E-state index in [9.17, 15) is 9.59 Å². The van der Waals surface area contributed by atoms with Crippen LogP contribution in [0.5, 0.6) is 5.75 Å². The Labute approximate surface area is 175 Å². The number of benzene rings is 2. The van der Waals surface area contributed by atoms with Crippen LogP contribution in [0.4, 0.5) is 0 Å². The van der Waals surface area contributed by atoms with Crippen LogP contribution < -0.4 is 10.1 Å². The van der Waals surface area contributed by atoms with Gasteiger partial charge in [0, 0.05) is 24.2 Å². The summed E-state index contributed by atoms with van der Waals surface area (Å²) in [5.41, 5.74) is 2.48. The van der Waals surface area contributed by atoms with Gasteiger partial charge in [-0.1, -0.05) is 36.4 Å². The van der Waals surface area contributed by atoms with Crippen LogP contribution in [0.2, 0.25) is 0 Å². The highest BCUT2D eigenvalue weighted by molar-refractivity contribution is 6.03. The van der Waals surface area contributed by atoms with Crippen molar-refractivity contribution in [1.82, 2.24) is 10.2 Å². The molecule has 154 valence electrons. The number of ether oxygens (including phenoxy) is 2. The average molecular weight is 404 g/mol. The molecule has 2 aliphatic rings. The fraction of sp³-hybridized carbons (Fsp3) is 0.250. The molecular formula is C24H24N2O4. The molecule has 2 aromatic carbocycles. The molecule has 0 aromatic heterocycles. The van der Waals surface area contributed by atoms with E-state index in [-0.39, 0.29) is 23.6 Å². The minimum Gasteiger partial charge on any atom is -0.485 e.